The Morgan fingerprint density at radius 2 is 1.88 bits per heavy atom. The number of rotatable bonds is 2. The summed E-state index contributed by atoms with van der Waals surface area (Å²) >= 11 is 5.33. The van der Waals surface area contributed by atoms with E-state index >= 15 is 0 Å². The number of H-pyrrole nitrogens is 1. The number of aryl methyl sites for hydroxylation is 1. The van der Waals surface area contributed by atoms with Gasteiger partial charge in [-0.1, -0.05) is 42.5 Å². The van der Waals surface area contributed by atoms with E-state index in [0.29, 0.717) is 0 Å². The highest BCUT2D eigenvalue weighted by molar-refractivity contribution is 7.71. The lowest BCUT2D eigenvalue weighted by molar-refractivity contribution is 0.412. The number of fused-ring (bicyclic) bond motifs is 1. The SMILES string of the molecule is Cc1ccccc1-n1c(O)c([C@H]2NCCc3ccccc32)c(=O)[nH]c1=S. The van der Waals surface area contributed by atoms with Gasteiger partial charge in [-0.15, -0.1) is 0 Å². The lowest BCUT2D eigenvalue weighted by Crippen LogP contribution is -2.35. The summed E-state index contributed by atoms with van der Waals surface area (Å²) < 4.78 is 1.70. The first-order valence-corrected chi connectivity index (χ1v) is 8.94. The standard InChI is InChI=1S/C20H19N3O2S/c1-12-6-2-5-9-15(12)23-19(25)16(18(24)22-20(23)26)17-14-8-4-3-7-13(14)10-11-21-17/h2-9,17,21,25H,10-11H2,1H3,(H,22,24,26)/t17-/m0/s1. The lowest BCUT2D eigenvalue weighted by Gasteiger charge is -2.28. The molecule has 0 bridgehead atoms. The molecular formula is C20H19N3O2S. The van der Waals surface area contributed by atoms with E-state index in [2.05, 4.69) is 16.4 Å². The minimum atomic E-state index is -0.380. The fraction of sp³-hybridized carbons (Fsp3) is 0.200. The second kappa shape index (κ2) is 6.55. The van der Waals surface area contributed by atoms with Crippen LogP contribution in [0.1, 0.15) is 28.3 Å². The summed E-state index contributed by atoms with van der Waals surface area (Å²) in [5.74, 6) is -0.123. The van der Waals surface area contributed by atoms with Gasteiger partial charge in [0, 0.05) is 6.54 Å². The number of para-hydroxylation sites is 1. The number of hydrogen-bond acceptors (Lipinski definition) is 4. The predicted octanol–water partition coefficient (Wildman–Crippen LogP) is 3.14. The monoisotopic (exact) mass is 365 g/mol. The third-order valence-corrected chi connectivity index (χ3v) is 5.16. The molecule has 0 aliphatic carbocycles. The molecule has 1 aliphatic heterocycles. The molecule has 1 aliphatic rings. The van der Waals surface area contributed by atoms with Gasteiger partial charge < -0.3 is 10.4 Å². The van der Waals surface area contributed by atoms with Gasteiger partial charge in [0.15, 0.2) is 4.77 Å². The van der Waals surface area contributed by atoms with E-state index in [0.717, 1.165) is 29.8 Å². The maximum absolute atomic E-state index is 12.7. The molecule has 2 aromatic carbocycles. The number of hydrogen-bond donors (Lipinski definition) is 3. The molecule has 0 spiro atoms. The highest BCUT2D eigenvalue weighted by Gasteiger charge is 2.28. The van der Waals surface area contributed by atoms with Gasteiger partial charge >= 0.3 is 0 Å². The Morgan fingerprint density at radius 1 is 1.15 bits per heavy atom. The average molecular weight is 365 g/mol. The molecule has 132 valence electrons. The zero-order valence-corrected chi connectivity index (χ0v) is 15.1. The number of aromatic hydroxyl groups is 1. The first-order valence-electron chi connectivity index (χ1n) is 8.53. The fourth-order valence-electron chi connectivity index (χ4n) is 3.60. The van der Waals surface area contributed by atoms with Crippen LogP contribution in [-0.2, 0) is 6.42 Å². The van der Waals surface area contributed by atoms with E-state index in [4.69, 9.17) is 12.2 Å². The average Bonchev–Trinajstić information content (AvgIpc) is 2.63. The van der Waals surface area contributed by atoms with Gasteiger partial charge in [0.25, 0.3) is 5.56 Å². The van der Waals surface area contributed by atoms with Crippen molar-refractivity contribution in [3.8, 4) is 11.6 Å². The molecule has 0 unspecified atom stereocenters. The Balaban J connectivity index is 1.98. The quantitative estimate of drug-likeness (QED) is 0.610. The molecule has 3 N–H and O–H groups in total. The Labute approximate surface area is 156 Å². The second-order valence-corrected chi connectivity index (χ2v) is 6.84. The van der Waals surface area contributed by atoms with Gasteiger partial charge in [0.05, 0.1) is 17.3 Å². The summed E-state index contributed by atoms with van der Waals surface area (Å²) in [6, 6.07) is 15.2. The van der Waals surface area contributed by atoms with Crippen molar-refractivity contribution in [1.82, 2.24) is 14.9 Å². The summed E-state index contributed by atoms with van der Waals surface area (Å²) in [5, 5.41) is 14.4. The molecule has 5 nitrogen and oxygen atoms in total. The zero-order chi connectivity index (χ0) is 18.3. The fourth-order valence-corrected chi connectivity index (χ4v) is 3.88. The Bertz CT molecular complexity index is 1100. The summed E-state index contributed by atoms with van der Waals surface area (Å²) in [6.07, 6.45) is 0.891. The third-order valence-electron chi connectivity index (χ3n) is 4.87. The van der Waals surface area contributed by atoms with Gasteiger partial charge in [-0.05, 0) is 48.3 Å². The van der Waals surface area contributed by atoms with Gasteiger partial charge in [0.1, 0.15) is 0 Å². The molecule has 3 aromatic rings. The van der Waals surface area contributed by atoms with E-state index in [1.165, 1.54) is 10.1 Å². The summed E-state index contributed by atoms with van der Waals surface area (Å²) in [6.45, 7) is 2.68. The Morgan fingerprint density at radius 3 is 2.69 bits per heavy atom. The van der Waals surface area contributed by atoms with Crippen molar-refractivity contribution in [2.45, 2.75) is 19.4 Å². The molecule has 0 amide bonds. The van der Waals surface area contributed by atoms with Crippen LogP contribution in [0, 0.1) is 11.7 Å². The molecule has 1 aromatic heterocycles. The van der Waals surface area contributed by atoms with Crippen LogP contribution in [0.25, 0.3) is 5.69 Å². The number of aromatic amines is 1. The first-order chi connectivity index (χ1) is 12.6. The van der Waals surface area contributed by atoms with Crippen molar-refractivity contribution < 1.29 is 5.11 Å². The van der Waals surface area contributed by atoms with Gasteiger partial charge in [-0.3, -0.25) is 14.3 Å². The lowest BCUT2D eigenvalue weighted by atomic mass is 9.90. The molecular weight excluding hydrogens is 346 g/mol. The van der Waals surface area contributed by atoms with Crippen LogP contribution in [0.5, 0.6) is 5.88 Å². The van der Waals surface area contributed by atoms with Gasteiger partial charge in [-0.25, -0.2) is 0 Å². The minimum absolute atomic E-state index is 0.123. The van der Waals surface area contributed by atoms with Crippen LogP contribution in [0.4, 0.5) is 0 Å². The van der Waals surface area contributed by atoms with Crippen molar-refractivity contribution >= 4 is 12.2 Å². The van der Waals surface area contributed by atoms with Crippen LogP contribution in [0.2, 0.25) is 0 Å². The molecule has 26 heavy (non-hydrogen) atoms. The molecule has 4 rings (SSSR count). The summed E-state index contributed by atoms with van der Waals surface area (Å²) in [4.78, 5) is 15.4. The van der Waals surface area contributed by atoms with Gasteiger partial charge in [0.2, 0.25) is 5.88 Å². The molecule has 6 heteroatoms. The molecule has 0 radical (unpaired) electrons. The van der Waals surface area contributed by atoms with Crippen molar-refractivity contribution in [2.75, 3.05) is 6.54 Å². The summed E-state index contributed by atoms with van der Waals surface area (Å²) in [5.41, 5.74) is 3.80. The Hall–Kier alpha value is -2.70. The van der Waals surface area contributed by atoms with E-state index in [9.17, 15) is 9.90 Å². The van der Waals surface area contributed by atoms with Crippen LogP contribution in [0.3, 0.4) is 0 Å². The highest BCUT2D eigenvalue weighted by Crippen LogP contribution is 2.32. The smallest absolute Gasteiger partial charge is 0.260 e. The topological polar surface area (TPSA) is 70.0 Å². The maximum atomic E-state index is 12.7. The number of nitrogens with zero attached hydrogens (tertiary/aromatic N) is 1. The van der Waals surface area contributed by atoms with Crippen LogP contribution < -0.4 is 10.9 Å². The van der Waals surface area contributed by atoms with E-state index in [1.807, 2.05) is 49.4 Å². The van der Waals surface area contributed by atoms with E-state index in [-0.39, 0.29) is 27.8 Å². The molecule has 1 atom stereocenters. The van der Waals surface area contributed by atoms with Gasteiger partial charge in [-0.2, -0.15) is 0 Å². The Kier molecular flexibility index (Phi) is 4.22. The zero-order valence-electron chi connectivity index (χ0n) is 14.3. The normalized spacial score (nSPS) is 16.3. The number of benzene rings is 2. The minimum Gasteiger partial charge on any atom is -0.494 e. The van der Waals surface area contributed by atoms with Crippen molar-refractivity contribution in [3.05, 3.63) is 85.9 Å². The third kappa shape index (κ3) is 2.67. The van der Waals surface area contributed by atoms with Crippen LogP contribution in [-0.4, -0.2) is 21.2 Å². The highest BCUT2D eigenvalue weighted by atomic mass is 32.1. The maximum Gasteiger partial charge on any atom is 0.260 e. The van der Waals surface area contributed by atoms with Crippen LogP contribution >= 0.6 is 12.2 Å². The van der Waals surface area contributed by atoms with Crippen LogP contribution in [0.15, 0.2) is 53.3 Å². The van der Waals surface area contributed by atoms with Crippen molar-refractivity contribution in [2.24, 2.45) is 0 Å². The summed E-state index contributed by atoms with van der Waals surface area (Å²) in [7, 11) is 0. The molecule has 0 fully saturated rings. The molecule has 0 saturated heterocycles. The van der Waals surface area contributed by atoms with Crippen molar-refractivity contribution in [1.29, 1.82) is 0 Å². The number of nitrogens with one attached hydrogen (secondary N) is 2. The van der Waals surface area contributed by atoms with E-state index in [1.54, 1.807) is 0 Å². The largest absolute Gasteiger partial charge is 0.494 e. The van der Waals surface area contributed by atoms with E-state index < -0.39 is 0 Å². The molecule has 2 heterocycles. The first kappa shape index (κ1) is 16.8. The number of aromatic nitrogens is 2. The molecule has 0 saturated carbocycles. The van der Waals surface area contributed by atoms with Crippen molar-refractivity contribution in [3.63, 3.8) is 0 Å². The predicted molar refractivity (Wildman–Crippen MR) is 104 cm³/mol. The second-order valence-electron chi connectivity index (χ2n) is 6.45.